The highest BCUT2D eigenvalue weighted by Gasteiger charge is 2.07. The summed E-state index contributed by atoms with van der Waals surface area (Å²) in [6, 6.07) is 1.91. The second-order valence-electron chi connectivity index (χ2n) is 4.28. The number of aryl methyl sites for hydroxylation is 2. The van der Waals surface area contributed by atoms with Crippen molar-refractivity contribution in [2.75, 3.05) is 11.9 Å². The van der Waals surface area contributed by atoms with E-state index < -0.39 is 11.2 Å². The predicted molar refractivity (Wildman–Crippen MR) is 70.1 cm³/mol. The number of anilines is 1. The van der Waals surface area contributed by atoms with Crippen LogP contribution >= 0.6 is 0 Å². The van der Waals surface area contributed by atoms with Crippen molar-refractivity contribution in [1.29, 1.82) is 0 Å². The summed E-state index contributed by atoms with van der Waals surface area (Å²) in [5.41, 5.74) is 0.0565. The van der Waals surface area contributed by atoms with Crippen LogP contribution in [-0.2, 0) is 27.6 Å². The molecule has 0 unspecified atom stereocenters. The van der Waals surface area contributed by atoms with Gasteiger partial charge in [-0.25, -0.2) is 9.48 Å². The van der Waals surface area contributed by atoms with E-state index in [1.54, 1.807) is 4.68 Å². The summed E-state index contributed by atoms with van der Waals surface area (Å²) in [4.78, 5) is 23.3. The van der Waals surface area contributed by atoms with E-state index in [1.165, 1.54) is 14.1 Å². The first-order chi connectivity index (χ1) is 8.99. The van der Waals surface area contributed by atoms with Gasteiger partial charge in [-0.1, -0.05) is 0 Å². The molecular formula is C11H16N6O2. The molecular weight excluding hydrogens is 248 g/mol. The number of nitrogens with one attached hydrogen (secondary N) is 1. The van der Waals surface area contributed by atoms with Gasteiger partial charge in [-0.2, -0.15) is 5.10 Å². The first-order valence-corrected chi connectivity index (χ1v) is 5.86. The van der Waals surface area contributed by atoms with Crippen LogP contribution in [0.5, 0.6) is 0 Å². The Labute approximate surface area is 109 Å². The molecule has 0 aliphatic heterocycles. The van der Waals surface area contributed by atoms with E-state index in [0.29, 0.717) is 13.0 Å². The van der Waals surface area contributed by atoms with Crippen LogP contribution in [0.3, 0.4) is 0 Å². The highest BCUT2D eigenvalue weighted by molar-refractivity contribution is 5.29. The first-order valence-electron chi connectivity index (χ1n) is 5.86. The molecule has 2 aromatic rings. The molecule has 2 aromatic heterocycles. The van der Waals surface area contributed by atoms with E-state index in [0.717, 1.165) is 14.9 Å². The molecule has 0 aliphatic carbocycles. The van der Waals surface area contributed by atoms with Gasteiger partial charge in [-0.15, -0.1) is 5.10 Å². The second-order valence-corrected chi connectivity index (χ2v) is 4.28. The molecule has 2 rings (SSSR count). The lowest BCUT2D eigenvalue weighted by Gasteiger charge is -2.07. The van der Waals surface area contributed by atoms with E-state index in [2.05, 4.69) is 15.5 Å². The van der Waals surface area contributed by atoms with Gasteiger partial charge in [0, 0.05) is 40.3 Å². The Morgan fingerprint density at radius 1 is 1.21 bits per heavy atom. The zero-order chi connectivity index (χ0) is 14.0. The molecule has 0 spiro atoms. The number of aromatic nitrogens is 5. The maximum absolute atomic E-state index is 11.8. The summed E-state index contributed by atoms with van der Waals surface area (Å²) < 4.78 is 3.87. The van der Waals surface area contributed by atoms with Crippen LogP contribution in [0.2, 0.25) is 0 Å². The average Bonchev–Trinajstić information content (AvgIpc) is 2.79. The third kappa shape index (κ3) is 2.72. The van der Waals surface area contributed by atoms with Crippen molar-refractivity contribution >= 4 is 5.82 Å². The fourth-order valence-electron chi connectivity index (χ4n) is 1.71. The second kappa shape index (κ2) is 5.09. The molecule has 8 heteroatoms. The molecule has 19 heavy (non-hydrogen) atoms. The molecule has 0 saturated heterocycles. The minimum Gasteiger partial charge on any atom is -0.364 e. The van der Waals surface area contributed by atoms with Crippen molar-refractivity contribution in [3.05, 3.63) is 38.8 Å². The number of nitrogens with zero attached hydrogens (tertiary/aromatic N) is 5. The Bertz CT molecular complexity index is 696. The molecule has 0 bridgehead atoms. The van der Waals surface area contributed by atoms with Gasteiger partial charge < -0.3 is 5.32 Å². The normalized spacial score (nSPS) is 10.7. The van der Waals surface area contributed by atoms with Crippen LogP contribution < -0.4 is 16.6 Å². The molecule has 0 fully saturated rings. The molecule has 0 aromatic carbocycles. The van der Waals surface area contributed by atoms with Crippen molar-refractivity contribution in [2.24, 2.45) is 21.1 Å². The standard InChI is InChI=1S/C11H16N6O2/c1-15-7-5-8(13-15)4-6-12-9-10(18)16(2)11(19)17(3)14-9/h5,7H,4,6H2,1-3H3,(H,12,14). The lowest BCUT2D eigenvalue weighted by molar-refractivity contribution is 0.604. The summed E-state index contributed by atoms with van der Waals surface area (Å²) in [6.07, 6.45) is 2.54. The largest absolute Gasteiger partial charge is 0.364 e. The zero-order valence-corrected chi connectivity index (χ0v) is 11.1. The molecule has 1 N–H and O–H groups in total. The first kappa shape index (κ1) is 13.1. The van der Waals surface area contributed by atoms with E-state index in [9.17, 15) is 9.59 Å². The van der Waals surface area contributed by atoms with E-state index in [4.69, 9.17) is 0 Å². The van der Waals surface area contributed by atoms with Crippen LogP contribution in [0.25, 0.3) is 0 Å². The average molecular weight is 264 g/mol. The van der Waals surface area contributed by atoms with Gasteiger partial charge in [0.15, 0.2) is 0 Å². The minimum absolute atomic E-state index is 0.167. The third-order valence-electron chi connectivity index (χ3n) is 2.76. The molecule has 0 radical (unpaired) electrons. The van der Waals surface area contributed by atoms with Gasteiger partial charge in [0.05, 0.1) is 5.69 Å². The van der Waals surface area contributed by atoms with Gasteiger partial charge in [0.2, 0.25) is 5.82 Å². The lowest BCUT2D eigenvalue weighted by atomic mass is 10.3. The van der Waals surface area contributed by atoms with Gasteiger partial charge >= 0.3 is 5.69 Å². The maximum atomic E-state index is 11.8. The Morgan fingerprint density at radius 3 is 2.58 bits per heavy atom. The lowest BCUT2D eigenvalue weighted by Crippen LogP contribution is -2.40. The van der Waals surface area contributed by atoms with Crippen molar-refractivity contribution in [3.63, 3.8) is 0 Å². The van der Waals surface area contributed by atoms with Gasteiger partial charge in [0.25, 0.3) is 5.56 Å². The highest BCUT2D eigenvalue weighted by atomic mass is 16.2. The molecule has 0 aliphatic rings. The highest BCUT2D eigenvalue weighted by Crippen LogP contribution is 1.96. The Kier molecular flexibility index (Phi) is 3.50. The summed E-state index contributed by atoms with van der Waals surface area (Å²) in [6.45, 7) is 0.525. The molecule has 0 atom stereocenters. The van der Waals surface area contributed by atoms with Gasteiger partial charge in [-0.3, -0.25) is 14.0 Å². The Morgan fingerprint density at radius 2 is 1.95 bits per heavy atom. The van der Waals surface area contributed by atoms with Crippen LogP contribution in [0.15, 0.2) is 21.9 Å². The molecule has 0 amide bonds. The minimum atomic E-state index is -0.444. The summed E-state index contributed by atoms with van der Waals surface area (Å²) in [7, 11) is 4.78. The fraction of sp³-hybridized carbons (Fsp3) is 0.455. The van der Waals surface area contributed by atoms with E-state index in [-0.39, 0.29) is 5.82 Å². The topological polar surface area (TPSA) is 86.7 Å². The van der Waals surface area contributed by atoms with E-state index in [1.807, 2.05) is 19.3 Å². The van der Waals surface area contributed by atoms with Crippen molar-refractivity contribution in [1.82, 2.24) is 24.1 Å². The van der Waals surface area contributed by atoms with Crippen LogP contribution in [-0.4, -0.2) is 30.7 Å². The zero-order valence-electron chi connectivity index (χ0n) is 11.1. The number of hydrogen-bond acceptors (Lipinski definition) is 5. The predicted octanol–water partition coefficient (Wildman–Crippen LogP) is -1.13. The summed E-state index contributed by atoms with van der Waals surface area (Å²) in [5.74, 6) is 0.167. The quantitative estimate of drug-likeness (QED) is 0.755. The molecule has 2 heterocycles. The van der Waals surface area contributed by atoms with E-state index >= 15 is 0 Å². The van der Waals surface area contributed by atoms with Crippen LogP contribution in [0.4, 0.5) is 5.82 Å². The number of hydrogen-bond donors (Lipinski definition) is 1. The third-order valence-corrected chi connectivity index (χ3v) is 2.76. The maximum Gasteiger partial charge on any atom is 0.346 e. The van der Waals surface area contributed by atoms with Crippen molar-refractivity contribution in [2.45, 2.75) is 6.42 Å². The number of rotatable bonds is 4. The Hall–Kier alpha value is -2.38. The van der Waals surface area contributed by atoms with Gasteiger partial charge in [0.1, 0.15) is 0 Å². The monoisotopic (exact) mass is 264 g/mol. The van der Waals surface area contributed by atoms with Gasteiger partial charge in [-0.05, 0) is 6.07 Å². The smallest absolute Gasteiger partial charge is 0.346 e. The summed E-state index contributed by atoms with van der Waals surface area (Å²) in [5, 5.41) is 11.1. The van der Waals surface area contributed by atoms with Crippen molar-refractivity contribution in [3.8, 4) is 0 Å². The Balaban J connectivity index is 2.08. The molecule has 8 nitrogen and oxygen atoms in total. The van der Waals surface area contributed by atoms with Crippen molar-refractivity contribution < 1.29 is 0 Å². The SMILES string of the molecule is Cn1ccc(CCNc2nn(C)c(=O)n(C)c2=O)n1. The van der Waals surface area contributed by atoms with Crippen LogP contribution in [0, 0.1) is 0 Å². The van der Waals surface area contributed by atoms with Crippen LogP contribution in [0.1, 0.15) is 5.69 Å². The molecule has 102 valence electrons. The fourth-order valence-corrected chi connectivity index (χ4v) is 1.71. The summed E-state index contributed by atoms with van der Waals surface area (Å²) >= 11 is 0. The molecule has 0 saturated carbocycles.